The van der Waals surface area contributed by atoms with E-state index in [1.807, 2.05) is 14.0 Å². The first-order valence-corrected chi connectivity index (χ1v) is 2.55. The van der Waals surface area contributed by atoms with Crippen molar-refractivity contribution in [2.45, 2.75) is 6.92 Å². The van der Waals surface area contributed by atoms with E-state index in [0.29, 0.717) is 0 Å². The first-order valence-electron chi connectivity index (χ1n) is 2.55. The molecule has 8 heavy (non-hydrogen) atoms. The zero-order valence-electron chi connectivity index (χ0n) is 5.68. The van der Waals surface area contributed by atoms with Crippen molar-refractivity contribution in [2.24, 2.45) is 10.8 Å². The molecule has 0 radical (unpaired) electrons. The summed E-state index contributed by atoms with van der Waals surface area (Å²) in [6.07, 6.45) is 0. The van der Waals surface area contributed by atoms with Crippen LogP contribution in [0.25, 0.3) is 0 Å². The van der Waals surface area contributed by atoms with Crippen molar-refractivity contribution in [1.29, 1.82) is 0 Å². The lowest BCUT2D eigenvalue weighted by molar-refractivity contribution is 0.400. The van der Waals surface area contributed by atoms with E-state index in [1.54, 1.807) is 12.1 Å². The lowest BCUT2D eigenvalue weighted by Crippen LogP contribution is -2.30. The van der Waals surface area contributed by atoms with Gasteiger partial charge in [-0.15, -0.1) is 0 Å². The summed E-state index contributed by atoms with van der Waals surface area (Å²) < 4.78 is 0. The number of hydrogen-bond acceptors (Lipinski definition) is 3. The number of nitrogens with two attached hydrogens (primary N) is 1. The predicted molar refractivity (Wildman–Crippen MR) is 35.9 cm³/mol. The van der Waals surface area contributed by atoms with Crippen molar-refractivity contribution in [3.63, 3.8) is 0 Å². The molecule has 3 heteroatoms. The zero-order chi connectivity index (χ0) is 6.57. The van der Waals surface area contributed by atoms with Crippen LogP contribution in [0.5, 0.6) is 0 Å². The second-order valence-corrected chi connectivity index (χ2v) is 1.87. The van der Waals surface area contributed by atoms with E-state index in [9.17, 15) is 0 Å². The van der Waals surface area contributed by atoms with Gasteiger partial charge >= 0.3 is 0 Å². The van der Waals surface area contributed by atoms with E-state index in [2.05, 4.69) is 4.99 Å². The molecule has 0 amide bonds. The molecule has 0 fully saturated rings. The molecule has 0 aliphatic heterocycles. The van der Waals surface area contributed by atoms with Crippen molar-refractivity contribution in [3.05, 3.63) is 0 Å². The van der Waals surface area contributed by atoms with Crippen LogP contribution in [0, 0.1) is 0 Å². The number of hydrogen-bond donors (Lipinski definition) is 1. The summed E-state index contributed by atoms with van der Waals surface area (Å²) in [5.74, 6) is 5.32. The van der Waals surface area contributed by atoms with Gasteiger partial charge in [0.2, 0.25) is 0 Å². The maximum atomic E-state index is 5.32. The maximum absolute atomic E-state index is 5.32. The normalized spacial score (nSPS) is 12.9. The molecular weight excluding hydrogens is 102 g/mol. The highest BCUT2D eigenvalue weighted by Crippen LogP contribution is 1.74. The van der Waals surface area contributed by atoms with Gasteiger partial charge in [0.25, 0.3) is 0 Å². The molecule has 0 aromatic rings. The summed E-state index contributed by atoms with van der Waals surface area (Å²) in [5.41, 5.74) is 1.05. The van der Waals surface area contributed by atoms with Crippen molar-refractivity contribution in [1.82, 2.24) is 5.01 Å². The Kier molecular flexibility index (Phi) is 3.39. The van der Waals surface area contributed by atoms with Gasteiger partial charge in [-0.05, 0) is 6.92 Å². The molecule has 3 nitrogen and oxygen atoms in total. The quantitative estimate of drug-likeness (QED) is 0.310. The van der Waals surface area contributed by atoms with Crippen LogP contribution in [0.2, 0.25) is 0 Å². The highest BCUT2D eigenvalue weighted by atomic mass is 15.4. The summed E-state index contributed by atoms with van der Waals surface area (Å²) in [6, 6.07) is 0. The Morgan fingerprint density at radius 3 is 2.38 bits per heavy atom. The minimum atomic E-state index is 0.747. The van der Waals surface area contributed by atoms with Crippen LogP contribution in [0.3, 0.4) is 0 Å². The van der Waals surface area contributed by atoms with Crippen LogP contribution in [-0.2, 0) is 0 Å². The van der Waals surface area contributed by atoms with E-state index in [1.165, 1.54) is 0 Å². The van der Waals surface area contributed by atoms with E-state index in [-0.39, 0.29) is 0 Å². The third-order valence-electron chi connectivity index (χ3n) is 0.860. The molecule has 0 aliphatic rings. The van der Waals surface area contributed by atoms with Crippen molar-refractivity contribution >= 4 is 5.71 Å². The second kappa shape index (κ2) is 3.57. The van der Waals surface area contributed by atoms with E-state index in [0.717, 1.165) is 12.3 Å². The molecule has 48 valence electrons. The maximum Gasteiger partial charge on any atom is 0.0502 e. The fourth-order valence-electron chi connectivity index (χ4n) is 0.432. The Balaban J connectivity index is 3.39. The Hall–Kier alpha value is -0.410. The molecule has 0 heterocycles. The molecule has 0 spiro atoms. The number of hydrazine groups is 1. The van der Waals surface area contributed by atoms with E-state index >= 15 is 0 Å². The minimum absolute atomic E-state index is 0.747. The van der Waals surface area contributed by atoms with Gasteiger partial charge < -0.3 is 0 Å². The highest BCUT2D eigenvalue weighted by Gasteiger charge is 1.89. The summed E-state index contributed by atoms with van der Waals surface area (Å²) >= 11 is 0. The Morgan fingerprint density at radius 1 is 1.75 bits per heavy atom. The summed E-state index contributed by atoms with van der Waals surface area (Å²) in [5, 5.41) is 1.60. The molecular formula is C5H13N3. The third kappa shape index (κ3) is 3.77. The van der Waals surface area contributed by atoms with Crippen LogP contribution in [0.1, 0.15) is 6.92 Å². The standard InChI is InChI=1S/C5H13N3/c1-5(7-2)4-8(3)6/h4,6H2,1-3H3. The lowest BCUT2D eigenvalue weighted by Gasteiger charge is -2.06. The zero-order valence-corrected chi connectivity index (χ0v) is 5.68. The summed E-state index contributed by atoms with van der Waals surface area (Å²) in [7, 11) is 3.58. The molecule has 0 saturated carbocycles. The van der Waals surface area contributed by atoms with Crippen molar-refractivity contribution in [3.8, 4) is 0 Å². The van der Waals surface area contributed by atoms with E-state index in [4.69, 9.17) is 5.84 Å². The molecule has 0 aromatic heterocycles. The van der Waals surface area contributed by atoms with Gasteiger partial charge in [0, 0.05) is 19.8 Å². The second-order valence-electron chi connectivity index (χ2n) is 1.87. The van der Waals surface area contributed by atoms with Crippen molar-refractivity contribution < 1.29 is 0 Å². The predicted octanol–water partition coefficient (Wildman–Crippen LogP) is -0.117. The molecule has 0 atom stereocenters. The van der Waals surface area contributed by atoms with Gasteiger partial charge in [-0.1, -0.05) is 0 Å². The van der Waals surface area contributed by atoms with Gasteiger partial charge in [-0.2, -0.15) is 0 Å². The largest absolute Gasteiger partial charge is 0.296 e. The Labute approximate surface area is 50.2 Å². The fourth-order valence-corrected chi connectivity index (χ4v) is 0.432. The first-order chi connectivity index (χ1) is 3.66. The number of rotatable bonds is 2. The van der Waals surface area contributed by atoms with Crippen LogP contribution in [0.4, 0.5) is 0 Å². The van der Waals surface area contributed by atoms with Gasteiger partial charge in [0.1, 0.15) is 0 Å². The first kappa shape index (κ1) is 7.59. The smallest absolute Gasteiger partial charge is 0.0502 e. The molecule has 0 aliphatic carbocycles. The van der Waals surface area contributed by atoms with Gasteiger partial charge in [0.15, 0.2) is 0 Å². The molecule has 0 saturated heterocycles. The molecule has 0 aromatic carbocycles. The minimum Gasteiger partial charge on any atom is -0.296 e. The fraction of sp³-hybridized carbons (Fsp3) is 0.800. The average molecular weight is 115 g/mol. The number of aliphatic imine (C=N–C) groups is 1. The van der Waals surface area contributed by atoms with Crippen LogP contribution >= 0.6 is 0 Å². The van der Waals surface area contributed by atoms with Crippen LogP contribution < -0.4 is 5.84 Å². The van der Waals surface area contributed by atoms with Crippen LogP contribution in [0.15, 0.2) is 4.99 Å². The Morgan fingerprint density at radius 2 is 2.25 bits per heavy atom. The number of nitrogens with zero attached hydrogens (tertiary/aromatic N) is 2. The summed E-state index contributed by atoms with van der Waals surface area (Å²) in [4.78, 5) is 3.92. The van der Waals surface area contributed by atoms with Gasteiger partial charge in [0.05, 0.1) is 6.54 Å². The van der Waals surface area contributed by atoms with Crippen LogP contribution in [-0.4, -0.2) is 31.4 Å². The van der Waals surface area contributed by atoms with E-state index < -0.39 is 0 Å². The molecule has 0 bridgehead atoms. The Bertz CT molecular complexity index is 85.7. The molecule has 2 N–H and O–H groups in total. The lowest BCUT2D eigenvalue weighted by atomic mass is 10.4. The molecule has 0 unspecified atom stereocenters. The average Bonchev–Trinajstić information content (AvgIpc) is 1.65. The highest BCUT2D eigenvalue weighted by molar-refractivity contribution is 5.83. The van der Waals surface area contributed by atoms with Gasteiger partial charge in [-0.25, -0.2) is 5.01 Å². The topological polar surface area (TPSA) is 41.6 Å². The monoisotopic (exact) mass is 115 g/mol. The SMILES string of the molecule is CN=C(C)CN(C)N. The molecule has 0 rings (SSSR count). The van der Waals surface area contributed by atoms with Crippen molar-refractivity contribution in [2.75, 3.05) is 20.6 Å². The third-order valence-corrected chi connectivity index (χ3v) is 0.860. The van der Waals surface area contributed by atoms with Gasteiger partial charge in [-0.3, -0.25) is 10.8 Å². The summed E-state index contributed by atoms with van der Waals surface area (Å²) in [6.45, 7) is 2.69.